The first-order valence-corrected chi connectivity index (χ1v) is 6.76. The zero-order chi connectivity index (χ0) is 11.5. The fourth-order valence-electron chi connectivity index (χ4n) is 1.09. The summed E-state index contributed by atoms with van der Waals surface area (Å²) in [5.74, 6) is 0. The Balaban J connectivity index is 2.26. The lowest BCUT2D eigenvalue weighted by atomic mass is 10.4. The van der Waals surface area contributed by atoms with Crippen molar-refractivity contribution in [2.75, 3.05) is 0 Å². The summed E-state index contributed by atoms with van der Waals surface area (Å²) in [7, 11) is 0. The summed E-state index contributed by atoms with van der Waals surface area (Å²) in [5, 5.41) is 2.23. The molecular weight excluding hydrogens is 329 g/mol. The number of benzene rings is 1. The molecule has 1 aromatic heterocycles. The van der Waals surface area contributed by atoms with Crippen LogP contribution in [0, 0.1) is 0 Å². The monoisotopic (exact) mass is 333 g/mol. The van der Waals surface area contributed by atoms with Gasteiger partial charge in [0.2, 0.25) is 0 Å². The fourth-order valence-corrected chi connectivity index (χ4v) is 2.61. The van der Waals surface area contributed by atoms with Crippen LogP contribution in [0.2, 0.25) is 10.0 Å². The average molecular weight is 335 g/mol. The normalized spacial score (nSPS) is 10.4. The maximum Gasteiger partial charge on any atom is 0.101 e. The zero-order valence-electron chi connectivity index (χ0n) is 7.95. The van der Waals surface area contributed by atoms with Crippen LogP contribution in [0.1, 0.15) is 0 Å². The lowest BCUT2D eigenvalue weighted by molar-refractivity contribution is 1.12. The Labute approximate surface area is 116 Å². The first kappa shape index (κ1) is 12.2. The van der Waals surface area contributed by atoms with Crippen molar-refractivity contribution in [1.29, 1.82) is 0 Å². The molecule has 82 valence electrons. The molecule has 0 aliphatic heterocycles. The van der Waals surface area contributed by atoms with Gasteiger partial charge in [-0.3, -0.25) is 0 Å². The Kier molecular flexibility index (Phi) is 4.14. The molecular formula is C11H6BrCl2NS. The molecule has 16 heavy (non-hydrogen) atoms. The SMILES string of the molecule is Clc1ccc(Cl)c(Sc2ccc(Br)cn2)c1. The van der Waals surface area contributed by atoms with Crippen LogP contribution in [0.3, 0.4) is 0 Å². The number of hydrogen-bond donors (Lipinski definition) is 0. The molecule has 0 radical (unpaired) electrons. The van der Waals surface area contributed by atoms with E-state index in [1.165, 1.54) is 11.8 Å². The van der Waals surface area contributed by atoms with Gasteiger partial charge in [-0.1, -0.05) is 35.0 Å². The molecule has 0 fully saturated rings. The fraction of sp³-hybridized carbons (Fsp3) is 0. The highest BCUT2D eigenvalue weighted by Gasteiger charge is 2.04. The number of nitrogens with zero attached hydrogens (tertiary/aromatic N) is 1. The predicted octanol–water partition coefficient (Wildman–Crippen LogP) is 5.30. The summed E-state index contributed by atoms with van der Waals surface area (Å²) >= 11 is 16.8. The predicted molar refractivity (Wildman–Crippen MR) is 72.5 cm³/mol. The highest BCUT2D eigenvalue weighted by molar-refractivity contribution is 9.10. The molecule has 1 heterocycles. The van der Waals surface area contributed by atoms with Gasteiger partial charge in [0.15, 0.2) is 0 Å². The van der Waals surface area contributed by atoms with Crippen LogP contribution in [0.4, 0.5) is 0 Å². The zero-order valence-corrected chi connectivity index (χ0v) is 11.9. The second-order valence-corrected chi connectivity index (χ2v) is 5.81. The third-order valence-electron chi connectivity index (χ3n) is 1.81. The molecule has 0 unspecified atom stereocenters. The largest absolute Gasteiger partial charge is 0.248 e. The molecule has 0 atom stereocenters. The molecule has 0 aliphatic carbocycles. The number of pyridine rings is 1. The topological polar surface area (TPSA) is 12.9 Å². The first-order valence-electron chi connectivity index (χ1n) is 4.39. The number of rotatable bonds is 2. The highest BCUT2D eigenvalue weighted by Crippen LogP contribution is 2.34. The van der Waals surface area contributed by atoms with Gasteiger partial charge < -0.3 is 0 Å². The smallest absolute Gasteiger partial charge is 0.101 e. The maximum atomic E-state index is 6.06. The van der Waals surface area contributed by atoms with Gasteiger partial charge in [-0.15, -0.1) is 0 Å². The van der Waals surface area contributed by atoms with Crippen LogP contribution in [-0.2, 0) is 0 Å². The molecule has 5 heteroatoms. The van der Waals surface area contributed by atoms with Crippen molar-refractivity contribution in [3.8, 4) is 0 Å². The van der Waals surface area contributed by atoms with Gasteiger partial charge in [-0.2, -0.15) is 0 Å². The molecule has 0 N–H and O–H groups in total. The van der Waals surface area contributed by atoms with Crippen molar-refractivity contribution in [2.24, 2.45) is 0 Å². The van der Waals surface area contributed by atoms with Crippen molar-refractivity contribution in [1.82, 2.24) is 4.98 Å². The molecule has 0 amide bonds. The van der Waals surface area contributed by atoms with Gasteiger partial charge in [0.25, 0.3) is 0 Å². The van der Waals surface area contributed by atoms with Crippen molar-refractivity contribution in [2.45, 2.75) is 9.92 Å². The molecule has 1 nitrogen and oxygen atoms in total. The minimum Gasteiger partial charge on any atom is -0.248 e. The second-order valence-electron chi connectivity index (χ2n) is 2.99. The standard InChI is InChI=1S/C11H6BrCl2NS/c12-7-1-4-11(15-6-7)16-10-5-8(13)2-3-9(10)14/h1-6H. The van der Waals surface area contributed by atoms with Crippen LogP contribution in [0.25, 0.3) is 0 Å². The number of aromatic nitrogens is 1. The highest BCUT2D eigenvalue weighted by atomic mass is 79.9. The first-order chi connectivity index (χ1) is 7.65. The van der Waals surface area contributed by atoms with Gasteiger partial charge in [-0.05, 0) is 46.3 Å². The lowest BCUT2D eigenvalue weighted by Crippen LogP contribution is -1.80. The number of halogens is 3. The molecule has 0 saturated carbocycles. The maximum absolute atomic E-state index is 6.06. The van der Waals surface area contributed by atoms with E-state index in [0.717, 1.165) is 14.4 Å². The Morgan fingerprint density at radius 3 is 2.62 bits per heavy atom. The molecule has 2 aromatic rings. The van der Waals surface area contributed by atoms with E-state index in [1.54, 1.807) is 18.3 Å². The molecule has 0 spiro atoms. The summed E-state index contributed by atoms with van der Waals surface area (Å²) in [6, 6.07) is 9.24. The summed E-state index contributed by atoms with van der Waals surface area (Å²) in [4.78, 5) is 5.17. The van der Waals surface area contributed by atoms with E-state index in [4.69, 9.17) is 23.2 Å². The van der Waals surface area contributed by atoms with E-state index in [0.29, 0.717) is 10.0 Å². The second kappa shape index (κ2) is 5.41. The summed E-state index contributed by atoms with van der Waals surface area (Å²) < 4.78 is 0.953. The van der Waals surface area contributed by atoms with E-state index in [2.05, 4.69) is 20.9 Å². The minimum atomic E-state index is 0.670. The molecule has 2 rings (SSSR count). The third kappa shape index (κ3) is 3.14. The summed E-state index contributed by atoms with van der Waals surface area (Å²) in [6.07, 6.45) is 1.75. The molecule has 0 bridgehead atoms. The van der Waals surface area contributed by atoms with E-state index in [-0.39, 0.29) is 0 Å². The van der Waals surface area contributed by atoms with E-state index >= 15 is 0 Å². The van der Waals surface area contributed by atoms with E-state index in [9.17, 15) is 0 Å². The Morgan fingerprint density at radius 2 is 1.94 bits per heavy atom. The average Bonchev–Trinajstić information content (AvgIpc) is 2.27. The van der Waals surface area contributed by atoms with Crippen LogP contribution < -0.4 is 0 Å². The van der Waals surface area contributed by atoms with E-state index in [1.807, 2.05) is 18.2 Å². The Morgan fingerprint density at radius 1 is 1.12 bits per heavy atom. The van der Waals surface area contributed by atoms with Gasteiger partial charge >= 0.3 is 0 Å². The third-order valence-corrected chi connectivity index (χ3v) is 3.96. The summed E-state index contributed by atoms with van der Waals surface area (Å²) in [5.41, 5.74) is 0. The Bertz CT molecular complexity index is 502. The lowest BCUT2D eigenvalue weighted by Gasteiger charge is -2.03. The van der Waals surface area contributed by atoms with Crippen molar-refractivity contribution in [3.05, 3.63) is 51.0 Å². The Hall–Kier alpha value is -0.220. The van der Waals surface area contributed by atoms with Crippen LogP contribution in [0.5, 0.6) is 0 Å². The van der Waals surface area contributed by atoms with Gasteiger partial charge in [-0.25, -0.2) is 4.98 Å². The van der Waals surface area contributed by atoms with E-state index < -0.39 is 0 Å². The van der Waals surface area contributed by atoms with Crippen LogP contribution in [-0.4, -0.2) is 4.98 Å². The van der Waals surface area contributed by atoms with Gasteiger partial charge in [0.1, 0.15) is 5.03 Å². The summed E-state index contributed by atoms with van der Waals surface area (Å²) in [6.45, 7) is 0. The molecule has 1 aromatic carbocycles. The molecule has 0 saturated heterocycles. The van der Waals surface area contributed by atoms with Crippen LogP contribution >= 0.6 is 50.9 Å². The van der Waals surface area contributed by atoms with Gasteiger partial charge in [0.05, 0.1) is 5.02 Å². The van der Waals surface area contributed by atoms with Crippen molar-refractivity contribution in [3.63, 3.8) is 0 Å². The van der Waals surface area contributed by atoms with Crippen LogP contribution in [0.15, 0.2) is 50.9 Å². The quantitative estimate of drug-likeness (QED) is 0.738. The molecule has 0 aliphatic rings. The minimum absolute atomic E-state index is 0.670. The van der Waals surface area contributed by atoms with Gasteiger partial charge in [0, 0.05) is 20.6 Å². The number of hydrogen-bond acceptors (Lipinski definition) is 2. The van der Waals surface area contributed by atoms with Crippen molar-refractivity contribution >= 4 is 50.9 Å². The van der Waals surface area contributed by atoms with Crippen molar-refractivity contribution < 1.29 is 0 Å².